The van der Waals surface area contributed by atoms with Crippen LogP contribution in [0.1, 0.15) is 19.3 Å². The van der Waals surface area contributed by atoms with E-state index in [2.05, 4.69) is 4.74 Å². The van der Waals surface area contributed by atoms with Gasteiger partial charge >= 0.3 is 0 Å². The van der Waals surface area contributed by atoms with E-state index in [1.54, 1.807) is 0 Å². The van der Waals surface area contributed by atoms with Gasteiger partial charge in [0.25, 0.3) is 0 Å². The molecule has 0 saturated heterocycles. The van der Waals surface area contributed by atoms with Gasteiger partial charge in [-0.1, -0.05) is 0 Å². The molecule has 0 aliphatic heterocycles. The molecule has 0 atom stereocenters. The molecule has 0 unspecified atom stereocenters. The van der Waals surface area contributed by atoms with E-state index in [9.17, 15) is 17.6 Å². The molecule has 1 rings (SSSR count). The van der Waals surface area contributed by atoms with Gasteiger partial charge in [-0.25, -0.2) is 8.78 Å². The first-order chi connectivity index (χ1) is 8.07. The molecule has 0 N–H and O–H groups in total. The molecule has 0 aliphatic carbocycles. The minimum Gasteiger partial charge on any atom is -0.487 e. The first-order valence-electron chi connectivity index (χ1n) is 4.90. The van der Waals surface area contributed by atoms with Crippen LogP contribution in [-0.2, 0) is 0 Å². The number of halogens is 4. The first kappa shape index (κ1) is 13.3. The number of ether oxygens (including phenoxy) is 1. The summed E-state index contributed by atoms with van der Waals surface area (Å²) in [4.78, 5) is 0. The predicted molar refractivity (Wildman–Crippen MR) is 51.2 cm³/mol. The van der Waals surface area contributed by atoms with Crippen molar-refractivity contribution in [3.8, 4) is 11.8 Å². The number of hydrogen-bond donors (Lipinski definition) is 0. The van der Waals surface area contributed by atoms with E-state index in [-0.39, 0.29) is 19.1 Å². The van der Waals surface area contributed by atoms with Gasteiger partial charge in [0.05, 0.1) is 12.7 Å². The minimum atomic E-state index is -1.55. The maximum atomic E-state index is 13.1. The highest BCUT2D eigenvalue weighted by molar-refractivity contribution is 5.28. The lowest BCUT2D eigenvalue weighted by Gasteiger charge is -2.08. The Morgan fingerprint density at radius 3 is 2.18 bits per heavy atom. The Morgan fingerprint density at radius 2 is 1.65 bits per heavy atom. The van der Waals surface area contributed by atoms with E-state index in [0.29, 0.717) is 12.8 Å². The Bertz CT molecular complexity index is 416. The summed E-state index contributed by atoms with van der Waals surface area (Å²) in [7, 11) is 0. The van der Waals surface area contributed by atoms with Gasteiger partial charge in [0.2, 0.25) is 11.6 Å². The highest BCUT2D eigenvalue weighted by atomic mass is 19.2. The Morgan fingerprint density at radius 1 is 1.06 bits per heavy atom. The average molecular weight is 247 g/mol. The first-order valence-corrected chi connectivity index (χ1v) is 4.90. The van der Waals surface area contributed by atoms with Crippen molar-refractivity contribution in [1.29, 1.82) is 5.26 Å². The summed E-state index contributed by atoms with van der Waals surface area (Å²) in [6, 6.07) is 2.00. The minimum absolute atomic E-state index is 0.113. The molecule has 0 heterocycles. The lowest BCUT2D eigenvalue weighted by atomic mass is 10.2. The summed E-state index contributed by atoms with van der Waals surface area (Å²) in [5.74, 6) is -7.17. The lowest BCUT2D eigenvalue weighted by Crippen LogP contribution is -2.05. The third-order valence-corrected chi connectivity index (χ3v) is 2.00. The van der Waals surface area contributed by atoms with Gasteiger partial charge in [0.15, 0.2) is 17.4 Å². The maximum Gasteiger partial charge on any atom is 0.203 e. The summed E-state index contributed by atoms with van der Waals surface area (Å²) >= 11 is 0. The number of rotatable bonds is 5. The second-order valence-corrected chi connectivity index (χ2v) is 3.26. The zero-order valence-electron chi connectivity index (χ0n) is 8.77. The van der Waals surface area contributed by atoms with Crippen LogP contribution in [0.15, 0.2) is 6.07 Å². The Hall–Kier alpha value is -1.77. The molecule has 0 amide bonds. The van der Waals surface area contributed by atoms with Crippen LogP contribution in [0.3, 0.4) is 0 Å². The molecular formula is C11H9F4NO. The molecule has 17 heavy (non-hydrogen) atoms. The maximum absolute atomic E-state index is 13.1. The molecule has 0 radical (unpaired) electrons. The number of benzene rings is 1. The van der Waals surface area contributed by atoms with Crippen molar-refractivity contribution < 1.29 is 22.3 Å². The smallest absolute Gasteiger partial charge is 0.203 e. The SMILES string of the molecule is N#CCCCCOc1c(F)c(F)cc(F)c1F. The largest absolute Gasteiger partial charge is 0.487 e. The molecule has 2 nitrogen and oxygen atoms in total. The highest BCUT2D eigenvalue weighted by Gasteiger charge is 2.20. The number of nitriles is 1. The molecule has 92 valence electrons. The monoisotopic (exact) mass is 247 g/mol. The van der Waals surface area contributed by atoms with Gasteiger partial charge < -0.3 is 4.74 Å². The molecule has 0 fully saturated rings. The van der Waals surface area contributed by atoms with E-state index in [1.165, 1.54) is 0 Å². The molecule has 0 aliphatic rings. The average Bonchev–Trinajstić information content (AvgIpc) is 2.30. The summed E-state index contributed by atoms with van der Waals surface area (Å²) < 4.78 is 56.2. The van der Waals surface area contributed by atoms with Gasteiger partial charge in [0, 0.05) is 12.5 Å². The van der Waals surface area contributed by atoms with E-state index < -0.39 is 29.0 Å². The molecule has 1 aromatic rings. The predicted octanol–water partition coefficient (Wildman–Crippen LogP) is 3.32. The van der Waals surface area contributed by atoms with Crippen LogP contribution < -0.4 is 4.74 Å². The van der Waals surface area contributed by atoms with Crippen molar-refractivity contribution in [2.24, 2.45) is 0 Å². The third kappa shape index (κ3) is 3.34. The third-order valence-electron chi connectivity index (χ3n) is 2.00. The zero-order valence-corrected chi connectivity index (χ0v) is 8.77. The molecule has 0 bridgehead atoms. The second kappa shape index (κ2) is 6.09. The van der Waals surface area contributed by atoms with Crippen molar-refractivity contribution in [2.75, 3.05) is 6.61 Å². The van der Waals surface area contributed by atoms with Crippen molar-refractivity contribution in [2.45, 2.75) is 19.3 Å². The Labute approximate surface area is 95.4 Å². The summed E-state index contributed by atoms with van der Waals surface area (Å²) in [6.07, 6.45) is 1.13. The fraction of sp³-hybridized carbons (Fsp3) is 0.364. The van der Waals surface area contributed by atoms with E-state index in [0.717, 1.165) is 0 Å². The molecule has 6 heteroatoms. The van der Waals surface area contributed by atoms with E-state index in [1.807, 2.05) is 6.07 Å². The fourth-order valence-electron chi connectivity index (χ4n) is 1.16. The van der Waals surface area contributed by atoms with Crippen molar-refractivity contribution in [3.63, 3.8) is 0 Å². The van der Waals surface area contributed by atoms with Crippen LogP contribution in [0.2, 0.25) is 0 Å². The quantitative estimate of drug-likeness (QED) is 0.454. The Balaban J connectivity index is 2.68. The molecular weight excluding hydrogens is 238 g/mol. The van der Waals surface area contributed by atoms with Crippen LogP contribution in [-0.4, -0.2) is 6.61 Å². The van der Waals surface area contributed by atoms with Crippen LogP contribution in [0.25, 0.3) is 0 Å². The number of nitrogens with zero attached hydrogens (tertiary/aromatic N) is 1. The molecule has 1 aromatic carbocycles. The molecule has 0 aromatic heterocycles. The normalized spacial score (nSPS) is 10.1. The van der Waals surface area contributed by atoms with Crippen molar-refractivity contribution >= 4 is 0 Å². The van der Waals surface area contributed by atoms with Crippen LogP contribution in [0.5, 0.6) is 5.75 Å². The van der Waals surface area contributed by atoms with Crippen LogP contribution in [0.4, 0.5) is 17.6 Å². The highest BCUT2D eigenvalue weighted by Crippen LogP contribution is 2.26. The number of hydrogen-bond acceptors (Lipinski definition) is 2. The summed E-state index contributed by atoms with van der Waals surface area (Å²) in [6.45, 7) is -0.113. The zero-order chi connectivity index (χ0) is 12.8. The summed E-state index contributed by atoms with van der Waals surface area (Å²) in [5, 5.41) is 8.23. The molecule has 0 saturated carbocycles. The van der Waals surface area contributed by atoms with Gasteiger partial charge in [0.1, 0.15) is 0 Å². The van der Waals surface area contributed by atoms with Gasteiger partial charge in [-0.3, -0.25) is 0 Å². The van der Waals surface area contributed by atoms with Crippen LogP contribution in [0, 0.1) is 34.6 Å². The Kier molecular flexibility index (Phi) is 4.76. The van der Waals surface area contributed by atoms with Gasteiger partial charge in [-0.05, 0) is 12.8 Å². The van der Waals surface area contributed by atoms with Gasteiger partial charge in [-0.15, -0.1) is 0 Å². The fourth-order valence-corrected chi connectivity index (χ4v) is 1.16. The van der Waals surface area contributed by atoms with E-state index >= 15 is 0 Å². The second-order valence-electron chi connectivity index (χ2n) is 3.26. The van der Waals surface area contributed by atoms with E-state index in [4.69, 9.17) is 5.26 Å². The lowest BCUT2D eigenvalue weighted by molar-refractivity contribution is 0.265. The molecule has 0 spiro atoms. The van der Waals surface area contributed by atoms with Crippen molar-refractivity contribution in [3.05, 3.63) is 29.3 Å². The standard InChI is InChI=1S/C11H9F4NO/c12-7-6-8(13)10(15)11(9(7)14)17-5-3-1-2-4-16/h6H,1-3,5H2. The van der Waals surface area contributed by atoms with Gasteiger partial charge in [-0.2, -0.15) is 14.0 Å². The number of unbranched alkanes of at least 4 members (excludes halogenated alkanes) is 2. The topological polar surface area (TPSA) is 33.0 Å². The summed E-state index contributed by atoms with van der Waals surface area (Å²) in [5.41, 5.74) is 0. The van der Waals surface area contributed by atoms with Crippen molar-refractivity contribution in [1.82, 2.24) is 0 Å². The van der Waals surface area contributed by atoms with Crippen LogP contribution >= 0.6 is 0 Å².